The van der Waals surface area contributed by atoms with Gasteiger partial charge in [-0.15, -0.1) is 0 Å². The topological polar surface area (TPSA) is 23.5 Å². The average molecular weight is 213 g/mol. The molecule has 2 nitrogen and oxygen atoms in total. The molecule has 15 heavy (non-hydrogen) atoms. The van der Waals surface area contributed by atoms with Gasteiger partial charge in [0.25, 0.3) is 0 Å². The van der Waals surface area contributed by atoms with Gasteiger partial charge in [-0.25, -0.2) is 4.39 Å². The molecule has 0 heterocycles. The van der Waals surface area contributed by atoms with E-state index in [0.717, 1.165) is 5.57 Å². The molecule has 1 N–H and O–H groups in total. The highest BCUT2D eigenvalue weighted by atomic mass is 19.1. The summed E-state index contributed by atoms with van der Waals surface area (Å²) in [5, 5.41) is 9.07. The number of nitrogens with zero attached hydrogens (tertiary/aromatic N) is 1. The zero-order chi connectivity index (χ0) is 12.0. The summed E-state index contributed by atoms with van der Waals surface area (Å²) in [7, 11) is 3.65. The third-order valence-corrected chi connectivity index (χ3v) is 2.12. The van der Waals surface area contributed by atoms with E-state index in [-0.39, 0.29) is 0 Å². The van der Waals surface area contributed by atoms with Crippen LogP contribution in [-0.4, -0.2) is 36.9 Å². The van der Waals surface area contributed by atoms with Gasteiger partial charge in [-0.3, -0.25) is 0 Å². The van der Waals surface area contributed by atoms with Gasteiger partial charge in [-0.05, 0) is 19.4 Å². The fraction of sp³-hybridized carbons (Fsp3) is 0.500. The summed E-state index contributed by atoms with van der Waals surface area (Å²) >= 11 is 0. The Kier molecular flexibility index (Phi) is 5.94. The lowest BCUT2D eigenvalue weighted by molar-refractivity contribution is 0.244. The number of aliphatic hydroxyl groups excluding tert-OH is 1. The van der Waals surface area contributed by atoms with Gasteiger partial charge in [0.15, 0.2) is 0 Å². The highest BCUT2D eigenvalue weighted by molar-refractivity contribution is 5.37. The van der Waals surface area contributed by atoms with Gasteiger partial charge in [0.2, 0.25) is 0 Å². The average Bonchev–Trinajstić information content (AvgIpc) is 2.15. The van der Waals surface area contributed by atoms with Crippen molar-refractivity contribution in [1.82, 2.24) is 4.90 Å². The number of likely N-dealkylation sites (N-methyl/N-ethyl adjacent to an activating group) is 1. The summed E-state index contributed by atoms with van der Waals surface area (Å²) in [4.78, 5) is 1.77. The molecule has 0 radical (unpaired) electrons. The number of rotatable bonds is 5. The van der Waals surface area contributed by atoms with Crippen LogP contribution in [0.15, 0.2) is 35.6 Å². The lowest BCUT2D eigenvalue weighted by Crippen LogP contribution is -2.13. The van der Waals surface area contributed by atoms with Gasteiger partial charge in [-0.1, -0.05) is 18.7 Å². The quantitative estimate of drug-likeness (QED) is 0.708. The number of halogens is 1. The molecule has 86 valence electrons. The van der Waals surface area contributed by atoms with E-state index in [1.807, 2.05) is 21.0 Å². The first-order valence-corrected chi connectivity index (χ1v) is 4.88. The van der Waals surface area contributed by atoms with Gasteiger partial charge in [0, 0.05) is 25.4 Å². The van der Waals surface area contributed by atoms with E-state index in [1.165, 1.54) is 0 Å². The van der Waals surface area contributed by atoms with Crippen molar-refractivity contribution < 1.29 is 9.50 Å². The van der Waals surface area contributed by atoms with Crippen molar-refractivity contribution in [3.63, 3.8) is 0 Å². The van der Waals surface area contributed by atoms with E-state index in [4.69, 9.17) is 5.11 Å². The Bertz CT molecular complexity index is 277. The van der Waals surface area contributed by atoms with Crippen LogP contribution >= 0.6 is 0 Å². The highest BCUT2D eigenvalue weighted by Gasteiger charge is 2.07. The van der Waals surface area contributed by atoms with E-state index < -0.39 is 12.8 Å². The van der Waals surface area contributed by atoms with Crippen molar-refractivity contribution in [3.8, 4) is 0 Å². The maximum absolute atomic E-state index is 12.8. The monoisotopic (exact) mass is 213 g/mol. The molecule has 0 aromatic rings. The first-order chi connectivity index (χ1) is 6.90. The molecule has 0 rings (SSSR count). The van der Waals surface area contributed by atoms with E-state index >= 15 is 0 Å². The molecule has 1 atom stereocenters. The first kappa shape index (κ1) is 13.9. The Morgan fingerprint density at radius 2 is 2.07 bits per heavy atom. The molecule has 0 saturated carbocycles. The van der Waals surface area contributed by atoms with Crippen LogP contribution in [0.5, 0.6) is 0 Å². The van der Waals surface area contributed by atoms with E-state index in [2.05, 4.69) is 6.58 Å². The zero-order valence-corrected chi connectivity index (χ0v) is 9.92. The van der Waals surface area contributed by atoms with Gasteiger partial charge >= 0.3 is 0 Å². The standard InChI is InChI=1S/C12H20FNO/c1-9(6-7-10(2)15)12(8-13)11(3)14(4)5/h6-7,10,15H,3,8H2,1-2,4-5H3/b7-6-,12-9+. The van der Waals surface area contributed by atoms with Crippen LogP contribution < -0.4 is 0 Å². The van der Waals surface area contributed by atoms with E-state index in [0.29, 0.717) is 11.3 Å². The second-order valence-electron chi connectivity index (χ2n) is 3.74. The van der Waals surface area contributed by atoms with Gasteiger partial charge < -0.3 is 10.0 Å². The Morgan fingerprint density at radius 1 is 1.53 bits per heavy atom. The second kappa shape index (κ2) is 6.40. The van der Waals surface area contributed by atoms with Crippen LogP contribution in [0, 0.1) is 0 Å². The third kappa shape index (κ3) is 4.79. The number of aliphatic hydroxyl groups is 1. The molecule has 0 amide bonds. The van der Waals surface area contributed by atoms with E-state index in [9.17, 15) is 4.39 Å². The smallest absolute Gasteiger partial charge is 0.117 e. The SMILES string of the molecule is C=C(/C(CF)=C(C)/C=C\C(C)O)N(C)C. The van der Waals surface area contributed by atoms with Crippen LogP contribution in [0.1, 0.15) is 13.8 Å². The number of hydrogen-bond donors (Lipinski definition) is 1. The number of allylic oxidation sites excluding steroid dienone is 3. The molecular weight excluding hydrogens is 193 g/mol. The summed E-state index contributed by atoms with van der Waals surface area (Å²) in [5.41, 5.74) is 2.01. The van der Waals surface area contributed by atoms with Crippen LogP contribution in [0.4, 0.5) is 4.39 Å². The van der Waals surface area contributed by atoms with E-state index in [1.54, 1.807) is 24.0 Å². The summed E-state index contributed by atoms with van der Waals surface area (Å²) in [6.45, 7) is 6.72. The van der Waals surface area contributed by atoms with Crippen LogP contribution in [-0.2, 0) is 0 Å². The Labute approximate surface area is 91.4 Å². The maximum Gasteiger partial charge on any atom is 0.117 e. The molecule has 0 aromatic heterocycles. The maximum atomic E-state index is 12.8. The summed E-state index contributed by atoms with van der Waals surface area (Å²) < 4.78 is 12.8. The lowest BCUT2D eigenvalue weighted by atomic mass is 10.1. The van der Waals surface area contributed by atoms with Gasteiger partial charge in [-0.2, -0.15) is 0 Å². The van der Waals surface area contributed by atoms with Crippen molar-refractivity contribution in [3.05, 3.63) is 35.6 Å². The number of alkyl halides is 1. The molecule has 0 aromatic carbocycles. The molecule has 0 fully saturated rings. The van der Waals surface area contributed by atoms with Gasteiger partial charge in [0.05, 0.1) is 6.10 Å². The van der Waals surface area contributed by atoms with Crippen molar-refractivity contribution in [2.24, 2.45) is 0 Å². The fourth-order valence-electron chi connectivity index (χ4n) is 1.06. The zero-order valence-electron chi connectivity index (χ0n) is 9.92. The molecule has 0 spiro atoms. The largest absolute Gasteiger partial charge is 0.389 e. The molecule has 3 heteroatoms. The summed E-state index contributed by atoms with van der Waals surface area (Å²) in [6, 6.07) is 0. The predicted octanol–water partition coefficient (Wildman–Crippen LogP) is 2.28. The molecule has 0 aliphatic carbocycles. The Morgan fingerprint density at radius 3 is 2.40 bits per heavy atom. The molecule has 0 bridgehead atoms. The van der Waals surface area contributed by atoms with Gasteiger partial charge in [0.1, 0.15) is 6.67 Å². The highest BCUT2D eigenvalue weighted by Crippen LogP contribution is 2.16. The van der Waals surface area contributed by atoms with Crippen LogP contribution in [0.25, 0.3) is 0 Å². The molecular formula is C12H20FNO. The summed E-state index contributed by atoms with van der Waals surface area (Å²) in [5.74, 6) is 0. The van der Waals surface area contributed by atoms with Crippen molar-refractivity contribution in [2.45, 2.75) is 20.0 Å². The van der Waals surface area contributed by atoms with Crippen LogP contribution in [0.3, 0.4) is 0 Å². The Hall–Kier alpha value is -1.09. The third-order valence-electron chi connectivity index (χ3n) is 2.12. The second-order valence-corrected chi connectivity index (χ2v) is 3.74. The van der Waals surface area contributed by atoms with Crippen molar-refractivity contribution in [2.75, 3.05) is 20.8 Å². The Balaban J connectivity index is 4.90. The molecule has 0 aliphatic heterocycles. The van der Waals surface area contributed by atoms with Crippen molar-refractivity contribution in [1.29, 1.82) is 0 Å². The normalized spacial score (nSPS) is 15.1. The number of hydrogen-bond acceptors (Lipinski definition) is 2. The minimum absolute atomic E-state index is 0.520. The van der Waals surface area contributed by atoms with Crippen LogP contribution in [0.2, 0.25) is 0 Å². The predicted molar refractivity (Wildman–Crippen MR) is 62.3 cm³/mol. The minimum atomic E-state index is -0.549. The lowest BCUT2D eigenvalue weighted by Gasteiger charge is -2.18. The molecule has 0 saturated heterocycles. The molecule has 1 unspecified atom stereocenters. The molecule has 0 aliphatic rings. The fourth-order valence-corrected chi connectivity index (χ4v) is 1.06. The van der Waals surface area contributed by atoms with Crippen molar-refractivity contribution >= 4 is 0 Å². The minimum Gasteiger partial charge on any atom is -0.389 e. The first-order valence-electron chi connectivity index (χ1n) is 4.88. The summed E-state index contributed by atoms with van der Waals surface area (Å²) in [6.07, 6.45) is 2.82.